The van der Waals surface area contributed by atoms with Crippen molar-refractivity contribution in [1.29, 1.82) is 0 Å². The quantitative estimate of drug-likeness (QED) is 0.778. The number of rotatable bonds is 5. The summed E-state index contributed by atoms with van der Waals surface area (Å²) in [4.78, 5) is 0. The first-order chi connectivity index (χ1) is 10.7. The van der Waals surface area contributed by atoms with Crippen molar-refractivity contribution >= 4 is 0 Å². The van der Waals surface area contributed by atoms with E-state index >= 15 is 0 Å². The van der Waals surface area contributed by atoms with Gasteiger partial charge in [-0.25, -0.2) is 0 Å². The standard InChI is InChI=1S/C18H18O2/c1-3-13(9-17-11-19-17)7-15(5-1)16-6-2-4-14(8-16)10-18-12-20-18/h1-8,17-18H,9-12H2/i3D,4D. The summed E-state index contributed by atoms with van der Waals surface area (Å²) in [5, 5.41) is 0. The van der Waals surface area contributed by atoms with E-state index in [0.29, 0.717) is 12.1 Å². The minimum absolute atomic E-state index is 0.289. The van der Waals surface area contributed by atoms with Gasteiger partial charge in [0, 0.05) is 12.8 Å². The molecule has 2 saturated heterocycles. The molecule has 0 bridgehead atoms. The second kappa shape index (κ2) is 5.04. The highest BCUT2D eigenvalue weighted by molar-refractivity contribution is 5.65. The molecule has 2 aromatic carbocycles. The first kappa shape index (κ1) is 10.1. The van der Waals surface area contributed by atoms with Gasteiger partial charge in [-0.1, -0.05) is 48.5 Å². The molecule has 0 aliphatic carbocycles. The number of hydrogen-bond acceptors (Lipinski definition) is 2. The zero-order chi connectivity index (χ0) is 15.1. The highest BCUT2D eigenvalue weighted by Gasteiger charge is 2.23. The van der Waals surface area contributed by atoms with Crippen LogP contribution in [0.1, 0.15) is 13.9 Å². The Hall–Kier alpha value is -1.64. The van der Waals surface area contributed by atoms with Crippen LogP contribution in [0.3, 0.4) is 0 Å². The van der Waals surface area contributed by atoms with Crippen LogP contribution >= 0.6 is 0 Å². The molecule has 2 heteroatoms. The molecule has 2 unspecified atom stereocenters. The van der Waals surface area contributed by atoms with E-state index < -0.39 is 0 Å². The molecule has 2 atom stereocenters. The third-order valence-electron chi connectivity index (χ3n) is 3.76. The lowest BCUT2D eigenvalue weighted by molar-refractivity contribution is 0.407. The van der Waals surface area contributed by atoms with Crippen LogP contribution in [-0.4, -0.2) is 25.4 Å². The molecule has 0 amide bonds. The topological polar surface area (TPSA) is 25.1 Å². The Morgan fingerprint density at radius 2 is 1.35 bits per heavy atom. The summed E-state index contributed by atoms with van der Waals surface area (Å²) in [6.45, 7) is 1.62. The molecule has 2 aliphatic rings. The first-order valence-electron chi connectivity index (χ1n) is 8.11. The van der Waals surface area contributed by atoms with Crippen LogP contribution in [-0.2, 0) is 22.3 Å². The lowest BCUT2D eigenvalue weighted by Gasteiger charge is -2.07. The van der Waals surface area contributed by atoms with Crippen LogP contribution in [0.15, 0.2) is 48.5 Å². The Morgan fingerprint density at radius 1 is 0.900 bits per heavy atom. The molecule has 102 valence electrons. The van der Waals surface area contributed by atoms with Crippen LogP contribution in [0.5, 0.6) is 0 Å². The van der Waals surface area contributed by atoms with Crippen molar-refractivity contribution in [1.82, 2.24) is 0 Å². The van der Waals surface area contributed by atoms with Gasteiger partial charge in [-0.05, 0) is 22.3 Å². The number of benzene rings is 2. The molecule has 0 spiro atoms. The summed E-state index contributed by atoms with van der Waals surface area (Å²) >= 11 is 0. The summed E-state index contributed by atoms with van der Waals surface area (Å²) < 4.78 is 26.6. The third kappa shape index (κ3) is 2.92. The maximum Gasteiger partial charge on any atom is 0.0850 e. The van der Waals surface area contributed by atoms with Gasteiger partial charge in [-0.15, -0.1) is 0 Å². The monoisotopic (exact) mass is 268 g/mol. The predicted octanol–water partition coefficient (Wildman–Crippen LogP) is 3.24. The lowest BCUT2D eigenvalue weighted by atomic mass is 9.98. The first-order valence-corrected chi connectivity index (χ1v) is 7.11. The Bertz CT molecular complexity index is 645. The fourth-order valence-electron chi connectivity index (χ4n) is 2.49. The normalized spacial score (nSPS) is 25.0. The Morgan fingerprint density at radius 3 is 1.75 bits per heavy atom. The van der Waals surface area contributed by atoms with Crippen LogP contribution in [0.25, 0.3) is 11.1 Å². The molecule has 2 heterocycles. The predicted molar refractivity (Wildman–Crippen MR) is 78.8 cm³/mol. The van der Waals surface area contributed by atoms with E-state index in [1.807, 2.05) is 24.3 Å². The minimum atomic E-state index is 0.289. The fraction of sp³-hybridized carbons (Fsp3) is 0.333. The van der Waals surface area contributed by atoms with E-state index in [9.17, 15) is 0 Å². The number of hydrogen-bond donors (Lipinski definition) is 0. The average molecular weight is 268 g/mol. The summed E-state index contributed by atoms with van der Waals surface area (Å²) in [5.41, 5.74) is 4.26. The van der Waals surface area contributed by atoms with E-state index in [4.69, 9.17) is 12.2 Å². The maximum absolute atomic E-state index is 8.03. The van der Waals surface area contributed by atoms with Crippen molar-refractivity contribution in [3.63, 3.8) is 0 Å². The van der Waals surface area contributed by atoms with E-state index in [1.54, 1.807) is 0 Å². The van der Waals surface area contributed by atoms with Gasteiger partial charge >= 0.3 is 0 Å². The van der Waals surface area contributed by atoms with E-state index in [-0.39, 0.29) is 12.2 Å². The van der Waals surface area contributed by atoms with E-state index in [2.05, 4.69) is 12.1 Å². The molecule has 2 nitrogen and oxygen atoms in total. The second-order valence-corrected chi connectivity index (χ2v) is 5.52. The molecule has 0 saturated carbocycles. The molecule has 20 heavy (non-hydrogen) atoms. The molecule has 0 aromatic heterocycles. The zero-order valence-electron chi connectivity index (χ0n) is 13.3. The summed E-state index contributed by atoms with van der Waals surface area (Å²) in [5.74, 6) is 0. The smallest absolute Gasteiger partial charge is 0.0850 e. The highest BCUT2D eigenvalue weighted by atomic mass is 16.6. The third-order valence-corrected chi connectivity index (χ3v) is 3.76. The number of epoxide rings is 2. The van der Waals surface area contributed by atoms with Crippen LogP contribution < -0.4 is 0 Å². The molecule has 0 radical (unpaired) electrons. The van der Waals surface area contributed by atoms with Crippen molar-refractivity contribution in [2.75, 3.05) is 13.2 Å². The zero-order valence-corrected chi connectivity index (χ0v) is 11.3. The molecule has 0 N–H and O–H groups in total. The van der Waals surface area contributed by atoms with Crippen molar-refractivity contribution in [2.45, 2.75) is 25.0 Å². The molecule has 2 fully saturated rings. The van der Waals surface area contributed by atoms with Gasteiger partial charge in [-0.3, -0.25) is 0 Å². The lowest BCUT2D eigenvalue weighted by Crippen LogP contribution is -1.94. The average Bonchev–Trinajstić information content (AvgIpc) is 3.39. The van der Waals surface area contributed by atoms with E-state index in [0.717, 1.165) is 48.3 Å². The Balaban J connectivity index is 1.65. The SMILES string of the molecule is [2H]c1ccc(-c2ccc([2H])c(CC3CO3)c2)cc1CC1CO1. The van der Waals surface area contributed by atoms with E-state index in [1.165, 1.54) is 0 Å². The van der Waals surface area contributed by atoms with Gasteiger partial charge in [0.15, 0.2) is 0 Å². The highest BCUT2D eigenvalue weighted by Crippen LogP contribution is 2.25. The van der Waals surface area contributed by atoms with Crippen molar-refractivity contribution in [3.8, 4) is 11.1 Å². The van der Waals surface area contributed by atoms with Gasteiger partial charge < -0.3 is 9.47 Å². The molecular weight excluding hydrogens is 248 g/mol. The minimum Gasteiger partial charge on any atom is -0.373 e. The van der Waals surface area contributed by atoms with Crippen LogP contribution in [0, 0.1) is 0 Å². The second-order valence-electron chi connectivity index (χ2n) is 5.52. The molecule has 2 aliphatic heterocycles. The van der Waals surface area contributed by atoms with Gasteiger partial charge in [0.2, 0.25) is 0 Å². The van der Waals surface area contributed by atoms with Crippen molar-refractivity contribution < 1.29 is 12.2 Å². The van der Waals surface area contributed by atoms with Crippen molar-refractivity contribution in [3.05, 3.63) is 59.6 Å². The molecule has 2 aromatic rings. The van der Waals surface area contributed by atoms with Gasteiger partial charge in [0.1, 0.15) is 0 Å². The van der Waals surface area contributed by atoms with Crippen LogP contribution in [0.2, 0.25) is 0 Å². The van der Waals surface area contributed by atoms with Gasteiger partial charge in [-0.2, -0.15) is 0 Å². The molecule has 4 rings (SSSR count). The van der Waals surface area contributed by atoms with Gasteiger partial charge in [0.05, 0.1) is 28.2 Å². The van der Waals surface area contributed by atoms with Crippen LogP contribution in [0.4, 0.5) is 0 Å². The summed E-state index contributed by atoms with van der Waals surface area (Å²) in [6, 6.07) is 13.0. The Labute approximate surface area is 122 Å². The maximum atomic E-state index is 8.03. The molecular formula is C18H18O2. The summed E-state index contributed by atoms with van der Waals surface area (Å²) in [6.07, 6.45) is 2.20. The summed E-state index contributed by atoms with van der Waals surface area (Å²) in [7, 11) is 0. The van der Waals surface area contributed by atoms with Crippen molar-refractivity contribution in [2.24, 2.45) is 0 Å². The van der Waals surface area contributed by atoms with Gasteiger partial charge in [0.25, 0.3) is 0 Å². The Kier molecular flexibility index (Phi) is 2.56. The largest absolute Gasteiger partial charge is 0.373 e. The number of ether oxygens (including phenoxy) is 2. The fourth-order valence-corrected chi connectivity index (χ4v) is 2.49.